The summed E-state index contributed by atoms with van der Waals surface area (Å²) in [5.41, 5.74) is 1.27. The van der Waals surface area contributed by atoms with E-state index in [-0.39, 0.29) is 21.8 Å². The van der Waals surface area contributed by atoms with Gasteiger partial charge in [-0.3, -0.25) is 0 Å². The quantitative estimate of drug-likeness (QED) is 0.661. The Morgan fingerprint density at radius 2 is 1.65 bits per heavy atom. The molecule has 0 atom stereocenters. The largest absolute Gasteiger partial charge is 0.478 e. The van der Waals surface area contributed by atoms with Gasteiger partial charge in [0.1, 0.15) is 11.3 Å². The highest BCUT2D eigenvalue weighted by molar-refractivity contribution is 6.31. The molecule has 0 aliphatic heterocycles. The summed E-state index contributed by atoms with van der Waals surface area (Å²) in [6.45, 7) is 6.23. The molecule has 5 heteroatoms. The SMILES string of the molecule is CC(C)(C)c1ccc(C(=O)Oc2ccc(Cl)cc2C(=O)O)cc1. The van der Waals surface area contributed by atoms with E-state index < -0.39 is 11.9 Å². The number of carbonyl (C=O) groups is 2. The number of benzene rings is 2. The third-order valence-corrected chi connectivity index (χ3v) is 3.60. The van der Waals surface area contributed by atoms with Crippen LogP contribution in [0.3, 0.4) is 0 Å². The van der Waals surface area contributed by atoms with Gasteiger partial charge in [0.2, 0.25) is 0 Å². The van der Waals surface area contributed by atoms with Crippen LogP contribution in [-0.2, 0) is 5.41 Å². The first kappa shape index (κ1) is 17.0. The average Bonchev–Trinajstić information content (AvgIpc) is 2.48. The fraction of sp³-hybridized carbons (Fsp3) is 0.222. The van der Waals surface area contributed by atoms with Gasteiger partial charge in [0.15, 0.2) is 0 Å². The lowest BCUT2D eigenvalue weighted by atomic mass is 9.87. The summed E-state index contributed by atoms with van der Waals surface area (Å²) in [7, 11) is 0. The molecular weight excluding hydrogens is 316 g/mol. The molecule has 2 rings (SSSR count). The van der Waals surface area contributed by atoms with Crippen LogP contribution in [0.25, 0.3) is 0 Å². The molecule has 0 aliphatic rings. The molecule has 4 nitrogen and oxygen atoms in total. The Kier molecular flexibility index (Phi) is 4.76. The molecule has 0 bridgehead atoms. The molecule has 1 N–H and O–H groups in total. The zero-order chi connectivity index (χ0) is 17.2. The fourth-order valence-electron chi connectivity index (χ4n) is 2.02. The predicted octanol–water partition coefficient (Wildman–Crippen LogP) is 4.55. The number of esters is 1. The minimum absolute atomic E-state index is 0.0188. The van der Waals surface area contributed by atoms with E-state index in [2.05, 4.69) is 20.8 Å². The molecule has 0 saturated carbocycles. The Labute approximate surface area is 139 Å². The van der Waals surface area contributed by atoms with Crippen molar-refractivity contribution in [3.63, 3.8) is 0 Å². The number of aromatic carboxylic acids is 1. The van der Waals surface area contributed by atoms with Crippen LogP contribution in [0.4, 0.5) is 0 Å². The van der Waals surface area contributed by atoms with Crippen molar-refractivity contribution in [1.29, 1.82) is 0 Å². The van der Waals surface area contributed by atoms with Crippen molar-refractivity contribution >= 4 is 23.5 Å². The summed E-state index contributed by atoms with van der Waals surface area (Å²) >= 11 is 5.77. The highest BCUT2D eigenvalue weighted by Crippen LogP contribution is 2.25. The number of hydrogen-bond acceptors (Lipinski definition) is 3. The maximum absolute atomic E-state index is 12.2. The Balaban J connectivity index is 2.24. The number of carboxylic acid groups (broad SMARTS) is 1. The second-order valence-electron chi connectivity index (χ2n) is 6.16. The Morgan fingerprint density at radius 1 is 1.04 bits per heavy atom. The summed E-state index contributed by atoms with van der Waals surface area (Å²) < 4.78 is 5.19. The molecule has 120 valence electrons. The summed E-state index contributed by atoms with van der Waals surface area (Å²) in [5, 5.41) is 9.41. The number of carboxylic acids is 1. The maximum Gasteiger partial charge on any atom is 0.343 e. The van der Waals surface area contributed by atoms with Gasteiger partial charge in [-0.25, -0.2) is 9.59 Å². The Hall–Kier alpha value is -2.33. The van der Waals surface area contributed by atoms with E-state index in [0.29, 0.717) is 5.56 Å². The first-order chi connectivity index (χ1) is 10.7. The Morgan fingerprint density at radius 3 is 2.17 bits per heavy atom. The average molecular weight is 333 g/mol. The molecule has 0 heterocycles. The van der Waals surface area contributed by atoms with Gasteiger partial charge >= 0.3 is 11.9 Å². The third-order valence-electron chi connectivity index (χ3n) is 3.36. The molecule has 23 heavy (non-hydrogen) atoms. The monoisotopic (exact) mass is 332 g/mol. The number of hydrogen-bond donors (Lipinski definition) is 1. The highest BCUT2D eigenvalue weighted by atomic mass is 35.5. The van der Waals surface area contributed by atoms with Gasteiger partial charge in [0, 0.05) is 5.02 Å². The smallest absolute Gasteiger partial charge is 0.343 e. The van der Waals surface area contributed by atoms with Crippen LogP contribution in [0.5, 0.6) is 5.75 Å². The zero-order valence-corrected chi connectivity index (χ0v) is 13.8. The van der Waals surface area contributed by atoms with Gasteiger partial charge in [-0.2, -0.15) is 0 Å². The molecule has 0 fully saturated rings. The first-order valence-corrected chi connectivity index (χ1v) is 7.42. The van der Waals surface area contributed by atoms with Gasteiger partial charge in [-0.05, 0) is 41.3 Å². The number of rotatable bonds is 3. The summed E-state index contributed by atoms with van der Waals surface area (Å²) in [5.74, 6) is -1.86. The number of halogens is 1. The minimum atomic E-state index is -1.21. The van der Waals surface area contributed by atoms with E-state index in [1.807, 2.05) is 12.1 Å². The molecule has 0 radical (unpaired) electrons. The lowest BCUT2D eigenvalue weighted by Crippen LogP contribution is -2.14. The van der Waals surface area contributed by atoms with Gasteiger partial charge in [-0.1, -0.05) is 44.5 Å². The standard InChI is InChI=1S/C18H17ClO4/c1-18(2,3)12-6-4-11(5-7-12)17(22)23-15-9-8-13(19)10-14(15)16(20)21/h4-10H,1-3H3,(H,20,21). The van der Waals surface area contributed by atoms with Crippen LogP contribution in [0, 0.1) is 0 Å². The van der Waals surface area contributed by atoms with Gasteiger partial charge < -0.3 is 9.84 Å². The lowest BCUT2D eigenvalue weighted by Gasteiger charge is -2.19. The van der Waals surface area contributed by atoms with Crippen LogP contribution in [0.2, 0.25) is 5.02 Å². The molecule has 0 amide bonds. The van der Waals surface area contributed by atoms with Crippen LogP contribution >= 0.6 is 11.6 Å². The van der Waals surface area contributed by atoms with E-state index in [9.17, 15) is 9.59 Å². The van der Waals surface area contributed by atoms with Crippen molar-refractivity contribution < 1.29 is 19.4 Å². The maximum atomic E-state index is 12.2. The molecular formula is C18H17ClO4. The van der Waals surface area contributed by atoms with E-state index in [1.165, 1.54) is 18.2 Å². The van der Waals surface area contributed by atoms with E-state index in [4.69, 9.17) is 21.4 Å². The second-order valence-corrected chi connectivity index (χ2v) is 6.60. The molecule has 0 saturated heterocycles. The molecule has 0 spiro atoms. The van der Waals surface area contributed by atoms with Crippen molar-refractivity contribution in [2.75, 3.05) is 0 Å². The van der Waals surface area contributed by atoms with Crippen LogP contribution < -0.4 is 4.74 Å². The predicted molar refractivity (Wildman–Crippen MR) is 88.5 cm³/mol. The lowest BCUT2D eigenvalue weighted by molar-refractivity contribution is 0.0681. The topological polar surface area (TPSA) is 63.6 Å². The molecule has 2 aromatic carbocycles. The van der Waals surface area contributed by atoms with Crippen LogP contribution in [0.15, 0.2) is 42.5 Å². The molecule has 0 aliphatic carbocycles. The Bertz CT molecular complexity index is 743. The van der Waals surface area contributed by atoms with Crippen molar-refractivity contribution in [2.24, 2.45) is 0 Å². The molecule has 0 aromatic heterocycles. The number of ether oxygens (including phenoxy) is 1. The van der Waals surface area contributed by atoms with E-state index in [1.54, 1.807) is 12.1 Å². The van der Waals surface area contributed by atoms with Crippen molar-refractivity contribution in [1.82, 2.24) is 0 Å². The highest BCUT2D eigenvalue weighted by Gasteiger charge is 2.18. The van der Waals surface area contributed by atoms with Crippen LogP contribution in [0.1, 0.15) is 47.1 Å². The van der Waals surface area contributed by atoms with Crippen molar-refractivity contribution in [2.45, 2.75) is 26.2 Å². The van der Waals surface area contributed by atoms with Gasteiger partial charge in [0.05, 0.1) is 5.56 Å². The van der Waals surface area contributed by atoms with Crippen LogP contribution in [-0.4, -0.2) is 17.0 Å². The normalized spacial score (nSPS) is 11.1. The first-order valence-electron chi connectivity index (χ1n) is 7.04. The molecule has 0 unspecified atom stereocenters. The fourth-order valence-corrected chi connectivity index (χ4v) is 2.20. The summed E-state index contributed by atoms with van der Waals surface area (Å²) in [6, 6.07) is 11.1. The molecule has 2 aromatic rings. The minimum Gasteiger partial charge on any atom is -0.478 e. The third kappa shape index (κ3) is 4.11. The zero-order valence-electron chi connectivity index (χ0n) is 13.1. The number of carbonyl (C=O) groups excluding carboxylic acids is 1. The van der Waals surface area contributed by atoms with E-state index >= 15 is 0 Å². The summed E-state index contributed by atoms with van der Waals surface area (Å²) in [6.07, 6.45) is 0. The van der Waals surface area contributed by atoms with Gasteiger partial charge in [-0.15, -0.1) is 0 Å². The summed E-state index contributed by atoms with van der Waals surface area (Å²) in [4.78, 5) is 23.4. The van der Waals surface area contributed by atoms with Gasteiger partial charge in [0.25, 0.3) is 0 Å². The van der Waals surface area contributed by atoms with Crippen molar-refractivity contribution in [3.8, 4) is 5.75 Å². The van der Waals surface area contributed by atoms with E-state index in [0.717, 1.165) is 5.56 Å². The van der Waals surface area contributed by atoms with Crippen molar-refractivity contribution in [3.05, 3.63) is 64.2 Å². The second kappa shape index (κ2) is 6.42.